The lowest BCUT2D eigenvalue weighted by molar-refractivity contribution is -0.146. The molecule has 0 atom stereocenters. The molecular formula is C20H31N3O2. The molecule has 0 aromatic heterocycles. The van der Waals surface area contributed by atoms with Gasteiger partial charge in [0.25, 0.3) is 0 Å². The minimum absolute atomic E-state index is 0.215. The quantitative estimate of drug-likeness (QED) is 0.859. The van der Waals surface area contributed by atoms with Gasteiger partial charge in [0.15, 0.2) is 0 Å². The van der Waals surface area contributed by atoms with Crippen LogP contribution in [-0.2, 0) is 16.1 Å². The van der Waals surface area contributed by atoms with Crippen LogP contribution in [0.15, 0.2) is 24.3 Å². The average Bonchev–Trinajstić information content (AvgIpc) is 3.17. The Labute approximate surface area is 151 Å². The van der Waals surface area contributed by atoms with Crippen molar-refractivity contribution in [2.24, 2.45) is 5.41 Å². The number of benzene rings is 1. The van der Waals surface area contributed by atoms with Gasteiger partial charge in [-0.2, -0.15) is 0 Å². The fourth-order valence-electron chi connectivity index (χ4n) is 4.24. The molecule has 1 amide bonds. The highest BCUT2D eigenvalue weighted by atomic mass is 16.5. The van der Waals surface area contributed by atoms with Crippen molar-refractivity contribution in [1.29, 1.82) is 0 Å². The molecule has 5 nitrogen and oxygen atoms in total. The van der Waals surface area contributed by atoms with E-state index in [-0.39, 0.29) is 11.3 Å². The number of rotatable bonds is 6. The van der Waals surface area contributed by atoms with Crippen molar-refractivity contribution in [2.45, 2.75) is 32.2 Å². The Kier molecular flexibility index (Phi) is 5.97. The summed E-state index contributed by atoms with van der Waals surface area (Å²) < 4.78 is 5.43. The maximum Gasteiger partial charge on any atom is 0.231 e. The number of hydrogen-bond donors (Lipinski definition) is 1. The predicted octanol–water partition coefficient (Wildman–Crippen LogP) is 2.26. The monoisotopic (exact) mass is 345 g/mol. The summed E-state index contributed by atoms with van der Waals surface area (Å²) in [4.78, 5) is 17.6. The van der Waals surface area contributed by atoms with Gasteiger partial charge in [-0.15, -0.1) is 0 Å². The molecule has 2 aliphatic heterocycles. The van der Waals surface area contributed by atoms with Crippen molar-refractivity contribution in [3.8, 4) is 0 Å². The second-order valence-corrected chi connectivity index (χ2v) is 7.45. The maximum atomic E-state index is 13.3. The van der Waals surface area contributed by atoms with E-state index < -0.39 is 0 Å². The first-order valence-electron chi connectivity index (χ1n) is 9.44. The van der Waals surface area contributed by atoms with Crippen molar-refractivity contribution in [2.75, 3.05) is 51.8 Å². The molecule has 0 bridgehead atoms. The minimum atomic E-state index is -0.378. The number of amides is 1. The normalized spacial score (nSPS) is 19.8. The largest absolute Gasteiger partial charge is 0.384 e. The third-order valence-electron chi connectivity index (χ3n) is 5.63. The van der Waals surface area contributed by atoms with Crippen LogP contribution in [0.25, 0.3) is 0 Å². The van der Waals surface area contributed by atoms with Gasteiger partial charge in [-0.05, 0) is 50.4 Å². The van der Waals surface area contributed by atoms with Crippen molar-refractivity contribution < 1.29 is 9.53 Å². The molecule has 0 unspecified atom stereocenters. The summed E-state index contributed by atoms with van der Waals surface area (Å²) in [6, 6.07) is 8.51. The average molecular weight is 345 g/mol. The lowest BCUT2D eigenvalue weighted by atomic mass is 9.78. The third kappa shape index (κ3) is 3.98. The molecule has 0 spiro atoms. The molecule has 1 aromatic carbocycles. The standard InChI is InChI=1S/C20H31N3O2/c1-22(19(24)20(16-25-2)9-11-21-12-10-20)15-17-7-3-4-8-18(17)23-13-5-6-14-23/h3-4,7-8,21H,5-6,9-16H2,1-2H3. The molecule has 1 aromatic rings. The Morgan fingerprint density at radius 2 is 1.92 bits per heavy atom. The second-order valence-electron chi connectivity index (χ2n) is 7.45. The highest BCUT2D eigenvalue weighted by Crippen LogP contribution is 2.33. The zero-order chi connectivity index (χ0) is 17.7. The van der Waals surface area contributed by atoms with Crippen molar-refractivity contribution in [1.82, 2.24) is 10.2 Å². The highest BCUT2D eigenvalue weighted by molar-refractivity contribution is 5.83. The summed E-state index contributed by atoms with van der Waals surface area (Å²) in [6.07, 6.45) is 4.20. The van der Waals surface area contributed by atoms with E-state index in [1.54, 1.807) is 7.11 Å². The molecule has 0 aliphatic carbocycles. The van der Waals surface area contributed by atoms with Crippen LogP contribution in [0.1, 0.15) is 31.2 Å². The van der Waals surface area contributed by atoms with E-state index in [2.05, 4.69) is 34.5 Å². The number of hydrogen-bond acceptors (Lipinski definition) is 4. The van der Waals surface area contributed by atoms with E-state index >= 15 is 0 Å². The summed E-state index contributed by atoms with van der Waals surface area (Å²) in [7, 11) is 3.63. The van der Waals surface area contributed by atoms with Gasteiger partial charge >= 0.3 is 0 Å². The van der Waals surface area contributed by atoms with Crippen molar-refractivity contribution >= 4 is 11.6 Å². The fourth-order valence-corrected chi connectivity index (χ4v) is 4.24. The van der Waals surface area contributed by atoms with Gasteiger partial charge in [0.2, 0.25) is 5.91 Å². The summed E-state index contributed by atoms with van der Waals surface area (Å²) >= 11 is 0. The Morgan fingerprint density at radius 1 is 1.24 bits per heavy atom. The van der Waals surface area contributed by atoms with Crippen LogP contribution in [0.5, 0.6) is 0 Å². The van der Waals surface area contributed by atoms with Gasteiger partial charge in [-0.1, -0.05) is 18.2 Å². The van der Waals surface area contributed by atoms with Gasteiger partial charge < -0.3 is 19.9 Å². The van der Waals surface area contributed by atoms with Crippen molar-refractivity contribution in [3.05, 3.63) is 29.8 Å². The molecule has 2 aliphatic rings. The second kappa shape index (κ2) is 8.19. The van der Waals surface area contributed by atoms with Crippen molar-refractivity contribution in [3.63, 3.8) is 0 Å². The number of carbonyl (C=O) groups excluding carboxylic acids is 1. The Hall–Kier alpha value is -1.59. The van der Waals surface area contributed by atoms with E-state index in [1.165, 1.54) is 24.1 Å². The SMILES string of the molecule is COCC1(C(=O)N(C)Cc2ccccc2N2CCCC2)CCNCC1. The number of nitrogens with one attached hydrogen (secondary N) is 1. The van der Waals surface area contributed by atoms with Crippen LogP contribution in [0.2, 0.25) is 0 Å². The van der Waals surface area contributed by atoms with Gasteiger partial charge in [-0.3, -0.25) is 4.79 Å². The Bertz CT molecular complexity index is 573. The van der Waals surface area contributed by atoms with Gasteiger partial charge in [0, 0.05) is 39.5 Å². The van der Waals surface area contributed by atoms with Crippen LogP contribution in [0.4, 0.5) is 5.69 Å². The molecule has 2 saturated heterocycles. The Morgan fingerprint density at radius 3 is 2.60 bits per heavy atom. The molecule has 5 heteroatoms. The molecular weight excluding hydrogens is 314 g/mol. The minimum Gasteiger partial charge on any atom is -0.384 e. The van der Waals surface area contributed by atoms with E-state index in [0.29, 0.717) is 13.2 Å². The number of methoxy groups -OCH3 is 1. The first kappa shape index (κ1) is 18.2. The number of ether oxygens (including phenoxy) is 1. The van der Waals surface area contributed by atoms with Gasteiger partial charge in [-0.25, -0.2) is 0 Å². The molecule has 138 valence electrons. The Balaban J connectivity index is 1.75. The summed E-state index contributed by atoms with van der Waals surface area (Å²) in [6.45, 7) is 5.17. The molecule has 25 heavy (non-hydrogen) atoms. The summed E-state index contributed by atoms with van der Waals surface area (Å²) in [5.74, 6) is 0.215. The number of para-hydroxylation sites is 1. The zero-order valence-corrected chi connectivity index (χ0v) is 15.6. The smallest absolute Gasteiger partial charge is 0.231 e. The lowest BCUT2D eigenvalue weighted by Crippen LogP contribution is -2.50. The van der Waals surface area contributed by atoms with Crippen LogP contribution in [0.3, 0.4) is 0 Å². The number of carbonyl (C=O) groups is 1. The van der Waals surface area contributed by atoms with Gasteiger partial charge in [0.1, 0.15) is 0 Å². The third-order valence-corrected chi connectivity index (χ3v) is 5.63. The topological polar surface area (TPSA) is 44.8 Å². The molecule has 3 rings (SSSR count). The van der Waals surface area contributed by atoms with E-state index in [9.17, 15) is 4.79 Å². The first-order chi connectivity index (χ1) is 12.2. The van der Waals surface area contributed by atoms with Crippen LogP contribution in [-0.4, -0.2) is 57.8 Å². The predicted molar refractivity (Wildman–Crippen MR) is 101 cm³/mol. The van der Waals surface area contributed by atoms with Crippen LogP contribution < -0.4 is 10.2 Å². The lowest BCUT2D eigenvalue weighted by Gasteiger charge is -2.38. The van der Waals surface area contributed by atoms with E-state index in [0.717, 1.165) is 39.0 Å². The molecule has 0 radical (unpaired) electrons. The molecule has 1 N–H and O–H groups in total. The zero-order valence-electron chi connectivity index (χ0n) is 15.6. The number of nitrogens with zero attached hydrogens (tertiary/aromatic N) is 2. The summed E-state index contributed by atoms with van der Waals surface area (Å²) in [5, 5.41) is 3.35. The van der Waals surface area contributed by atoms with E-state index in [4.69, 9.17) is 4.74 Å². The molecule has 0 saturated carbocycles. The fraction of sp³-hybridized carbons (Fsp3) is 0.650. The number of anilines is 1. The summed E-state index contributed by atoms with van der Waals surface area (Å²) in [5.41, 5.74) is 2.14. The number of piperidine rings is 1. The van der Waals surface area contributed by atoms with Crippen LogP contribution >= 0.6 is 0 Å². The molecule has 2 fully saturated rings. The highest BCUT2D eigenvalue weighted by Gasteiger charge is 2.41. The molecule has 2 heterocycles. The van der Waals surface area contributed by atoms with E-state index in [1.807, 2.05) is 11.9 Å². The van der Waals surface area contributed by atoms with Gasteiger partial charge in [0.05, 0.1) is 12.0 Å². The first-order valence-corrected chi connectivity index (χ1v) is 9.44. The maximum absolute atomic E-state index is 13.3. The van der Waals surface area contributed by atoms with Crippen LogP contribution in [0, 0.1) is 5.41 Å².